The van der Waals surface area contributed by atoms with Crippen molar-refractivity contribution < 1.29 is 4.74 Å². The van der Waals surface area contributed by atoms with Gasteiger partial charge in [0.25, 0.3) is 0 Å². The van der Waals surface area contributed by atoms with E-state index in [9.17, 15) is 0 Å². The van der Waals surface area contributed by atoms with E-state index >= 15 is 0 Å². The molecule has 0 amide bonds. The third-order valence-corrected chi connectivity index (χ3v) is 4.81. The monoisotopic (exact) mass is 344 g/mol. The number of allylic oxidation sites excluding steroid dienone is 3. The Labute approximate surface area is 152 Å². The van der Waals surface area contributed by atoms with Gasteiger partial charge in [0.15, 0.2) is 5.82 Å². The fourth-order valence-corrected chi connectivity index (χ4v) is 3.45. The maximum absolute atomic E-state index is 5.25. The van der Waals surface area contributed by atoms with Crippen LogP contribution in [0.25, 0.3) is 17.2 Å². The number of aromatic amines is 1. The van der Waals surface area contributed by atoms with Crippen LogP contribution in [0.3, 0.4) is 0 Å². The number of ether oxygens (including phenoxy) is 1. The van der Waals surface area contributed by atoms with Crippen molar-refractivity contribution in [2.45, 2.75) is 19.8 Å². The molecular formula is C21H20N4O. The standard InChI is InChI=1S/C21H20N4O/c1-14-17(11-12-21-22-24-25-23-21)18-5-3-4-6-19(18)20(14)13-15-7-9-16(26-2)10-8-15/h3-10,13H,11-12H2,1-2H3,(H,22,23,24,25)/b20-13-. The lowest BCUT2D eigenvalue weighted by Gasteiger charge is -2.05. The second-order valence-corrected chi connectivity index (χ2v) is 6.31. The van der Waals surface area contributed by atoms with Gasteiger partial charge < -0.3 is 4.74 Å². The van der Waals surface area contributed by atoms with E-state index < -0.39 is 0 Å². The first kappa shape index (κ1) is 16.3. The molecule has 0 bridgehead atoms. The average Bonchev–Trinajstić information content (AvgIpc) is 3.28. The fraction of sp³-hybridized carbons (Fsp3) is 0.190. The molecule has 1 N–H and O–H groups in total. The zero-order valence-corrected chi connectivity index (χ0v) is 14.9. The lowest BCUT2D eigenvalue weighted by Crippen LogP contribution is -1.92. The van der Waals surface area contributed by atoms with Gasteiger partial charge in [0.1, 0.15) is 5.75 Å². The summed E-state index contributed by atoms with van der Waals surface area (Å²) in [4.78, 5) is 0. The maximum Gasteiger partial charge on any atom is 0.174 e. The second-order valence-electron chi connectivity index (χ2n) is 6.31. The third-order valence-electron chi connectivity index (χ3n) is 4.81. The summed E-state index contributed by atoms with van der Waals surface area (Å²) < 4.78 is 5.25. The number of benzene rings is 2. The van der Waals surface area contributed by atoms with Gasteiger partial charge in [-0.2, -0.15) is 5.21 Å². The van der Waals surface area contributed by atoms with Crippen LogP contribution in [-0.4, -0.2) is 27.7 Å². The second kappa shape index (κ2) is 6.96. The predicted molar refractivity (Wildman–Crippen MR) is 102 cm³/mol. The Balaban J connectivity index is 1.70. The SMILES string of the molecule is COc1ccc(/C=C2/C(C)=C(CCc3nn[nH]n3)c3ccccc32)cc1. The molecule has 1 heterocycles. The number of rotatable bonds is 5. The van der Waals surface area contributed by atoms with Crippen molar-refractivity contribution in [1.82, 2.24) is 20.6 Å². The number of tetrazole rings is 1. The summed E-state index contributed by atoms with van der Waals surface area (Å²) in [6, 6.07) is 16.7. The Morgan fingerprint density at radius 3 is 2.46 bits per heavy atom. The minimum absolute atomic E-state index is 0.746. The van der Waals surface area contributed by atoms with Crippen LogP contribution < -0.4 is 4.74 Å². The summed E-state index contributed by atoms with van der Waals surface area (Å²) in [6.07, 6.45) is 3.91. The molecule has 1 aromatic heterocycles. The number of hydrogen-bond donors (Lipinski definition) is 1. The van der Waals surface area contributed by atoms with Gasteiger partial charge in [0.2, 0.25) is 0 Å². The van der Waals surface area contributed by atoms with E-state index in [2.05, 4.69) is 70.0 Å². The van der Waals surface area contributed by atoms with Crippen molar-refractivity contribution in [2.75, 3.05) is 7.11 Å². The molecule has 0 atom stereocenters. The summed E-state index contributed by atoms with van der Waals surface area (Å²) in [5.41, 5.74) is 7.68. The van der Waals surface area contributed by atoms with Gasteiger partial charge in [-0.15, -0.1) is 10.2 Å². The highest BCUT2D eigenvalue weighted by Crippen LogP contribution is 2.43. The van der Waals surface area contributed by atoms with Crippen molar-refractivity contribution in [1.29, 1.82) is 0 Å². The molecule has 1 aliphatic carbocycles. The van der Waals surface area contributed by atoms with Gasteiger partial charge in [0.05, 0.1) is 7.11 Å². The Hall–Kier alpha value is -3.21. The number of fused-ring (bicyclic) bond motifs is 1. The van der Waals surface area contributed by atoms with Crippen LogP contribution in [0.15, 0.2) is 54.1 Å². The lowest BCUT2D eigenvalue weighted by molar-refractivity contribution is 0.415. The maximum atomic E-state index is 5.25. The smallest absolute Gasteiger partial charge is 0.174 e. The average molecular weight is 344 g/mol. The largest absolute Gasteiger partial charge is 0.497 e. The van der Waals surface area contributed by atoms with Crippen LogP contribution in [0.1, 0.15) is 35.9 Å². The number of aromatic nitrogens is 4. The summed E-state index contributed by atoms with van der Waals surface area (Å²) in [6.45, 7) is 2.20. The predicted octanol–water partition coefficient (Wildman–Crippen LogP) is 4.17. The number of nitrogens with zero attached hydrogens (tertiary/aromatic N) is 3. The van der Waals surface area contributed by atoms with Crippen LogP contribution >= 0.6 is 0 Å². The van der Waals surface area contributed by atoms with E-state index in [4.69, 9.17) is 4.74 Å². The van der Waals surface area contributed by atoms with Crippen LogP contribution in [0, 0.1) is 0 Å². The van der Waals surface area contributed by atoms with E-state index in [1.54, 1.807) is 7.11 Å². The molecule has 4 rings (SSSR count). The number of aryl methyl sites for hydroxylation is 1. The van der Waals surface area contributed by atoms with Gasteiger partial charge in [-0.05, 0) is 65.0 Å². The van der Waals surface area contributed by atoms with E-state index in [1.807, 2.05) is 12.1 Å². The molecule has 5 heteroatoms. The molecule has 0 spiro atoms. The first-order chi connectivity index (χ1) is 12.8. The molecule has 0 saturated heterocycles. The van der Waals surface area contributed by atoms with E-state index in [-0.39, 0.29) is 0 Å². The molecule has 0 radical (unpaired) electrons. The van der Waals surface area contributed by atoms with E-state index in [1.165, 1.54) is 27.8 Å². The first-order valence-electron chi connectivity index (χ1n) is 8.64. The molecule has 1 aliphatic rings. The van der Waals surface area contributed by atoms with Crippen molar-refractivity contribution in [3.8, 4) is 5.75 Å². The Bertz CT molecular complexity index is 970. The normalized spacial score (nSPS) is 14.8. The minimum atomic E-state index is 0.746. The number of hydrogen-bond acceptors (Lipinski definition) is 4. The molecule has 0 saturated carbocycles. The van der Waals surface area contributed by atoms with Crippen LogP contribution in [0.4, 0.5) is 0 Å². The Morgan fingerprint density at radius 2 is 1.77 bits per heavy atom. The summed E-state index contributed by atoms with van der Waals surface area (Å²) in [5, 5.41) is 14.3. The van der Waals surface area contributed by atoms with Crippen LogP contribution in [0.5, 0.6) is 5.75 Å². The van der Waals surface area contributed by atoms with Crippen LogP contribution in [0.2, 0.25) is 0 Å². The molecule has 5 nitrogen and oxygen atoms in total. The van der Waals surface area contributed by atoms with Crippen molar-refractivity contribution in [3.05, 3.63) is 76.6 Å². The first-order valence-corrected chi connectivity index (χ1v) is 8.64. The topological polar surface area (TPSA) is 63.7 Å². The quantitative estimate of drug-likeness (QED) is 0.754. The van der Waals surface area contributed by atoms with Gasteiger partial charge in [0, 0.05) is 6.42 Å². The van der Waals surface area contributed by atoms with Crippen LogP contribution in [-0.2, 0) is 6.42 Å². The zero-order chi connectivity index (χ0) is 17.9. The number of H-pyrrole nitrogens is 1. The highest BCUT2D eigenvalue weighted by atomic mass is 16.5. The highest BCUT2D eigenvalue weighted by Gasteiger charge is 2.23. The molecule has 0 fully saturated rings. The van der Waals surface area contributed by atoms with Gasteiger partial charge >= 0.3 is 0 Å². The summed E-state index contributed by atoms with van der Waals surface area (Å²) >= 11 is 0. The van der Waals surface area contributed by atoms with Crippen molar-refractivity contribution in [2.24, 2.45) is 0 Å². The Morgan fingerprint density at radius 1 is 1.00 bits per heavy atom. The lowest BCUT2D eigenvalue weighted by atomic mass is 10.0. The summed E-state index contributed by atoms with van der Waals surface area (Å²) in [5.74, 6) is 1.61. The zero-order valence-electron chi connectivity index (χ0n) is 14.9. The molecule has 0 unspecified atom stereocenters. The van der Waals surface area contributed by atoms with Gasteiger partial charge in [-0.25, -0.2) is 0 Å². The molecule has 2 aromatic carbocycles. The van der Waals surface area contributed by atoms with Gasteiger partial charge in [-0.3, -0.25) is 0 Å². The molecule has 3 aromatic rings. The molecule has 130 valence electrons. The molecule has 26 heavy (non-hydrogen) atoms. The molecule has 0 aliphatic heterocycles. The van der Waals surface area contributed by atoms with E-state index in [0.29, 0.717) is 0 Å². The fourth-order valence-electron chi connectivity index (χ4n) is 3.45. The highest BCUT2D eigenvalue weighted by molar-refractivity contribution is 6.05. The van der Waals surface area contributed by atoms with Gasteiger partial charge in [-0.1, -0.05) is 41.6 Å². The third kappa shape index (κ3) is 3.04. The summed E-state index contributed by atoms with van der Waals surface area (Å²) in [7, 11) is 1.68. The number of nitrogens with one attached hydrogen (secondary N) is 1. The molecular weight excluding hydrogens is 324 g/mol. The minimum Gasteiger partial charge on any atom is -0.497 e. The number of methoxy groups -OCH3 is 1. The Kier molecular flexibility index (Phi) is 4.35. The van der Waals surface area contributed by atoms with E-state index in [0.717, 1.165) is 30.0 Å². The van der Waals surface area contributed by atoms with Crippen molar-refractivity contribution >= 4 is 17.2 Å². The van der Waals surface area contributed by atoms with Crippen molar-refractivity contribution in [3.63, 3.8) is 0 Å².